The van der Waals surface area contributed by atoms with E-state index in [-0.39, 0.29) is 4.90 Å². The van der Waals surface area contributed by atoms with E-state index in [2.05, 4.69) is 9.71 Å². The van der Waals surface area contributed by atoms with Crippen LogP contribution in [0.2, 0.25) is 0 Å². The van der Waals surface area contributed by atoms with Crippen LogP contribution in [0.25, 0.3) is 0 Å². The normalized spacial score (nSPS) is 20.1. The number of nitrogens with one attached hydrogen (secondary N) is 1. The first-order valence-corrected chi connectivity index (χ1v) is 7.12. The second kappa shape index (κ2) is 4.44. The lowest BCUT2D eigenvalue weighted by Gasteiger charge is -2.10. The summed E-state index contributed by atoms with van der Waals surface area (Å²) in [5.74, 6) is 0.731. The van der Waals surface area contributed by atoms with Crippen LogP contribution in [0.5, 0.6) is 0 Å². The molecule has 0 fully saturated rings. The monoisotopic (exact) mass is 257 g/mol. The standard InChI is InChI=1S/C9H11N3O2S2/c10-7-1-3-8(4-2-7)16(13,14)12-9-11-5-6-15-9/h1-5,9,12H,6,10H2. The number of hydrogen-bond donors (Lipinski definition) is 2. The van der Waals surface area contributed by atoms with Gasteiger partial charge in [-0.25, -0.2) is 8.42 Å². The first-order valence-electron chi connectivity index (χ1n) is 4.59. The molecule has 0 saturated carbocycles. The minimum absolute atomic E-state index is 0.199. The third-order valence-corrected chi connectivity index (χ3v) is 4.49. The largest absolute Gasteiger partial charge is 0.399 e. The average Bonchev–Trinajstić information content (AvgIpc) is 2.70. The van der Waals surface area contributed by atoms with Gasteiger partial charge in [0.2, 0.25) is 10.0 Å². The van der Waals surface area contributed by atoms with E-state index in [0.717, 1.165) is 5.75 Å². The number of hydrogen-bond acceptors (Lipinski definition) is 5. The van der Waals surface area contributed by atoms with E-state index in [1.54, 1.807) is 18.3 Å². The zero-order valence-electron chi connectivity index (χ0n) is 8.33. The van der Waals surface area contributed by atoms with E-state index in [1.807, 2.05) is 0 Å². The van der Waals surface area contributed by atoms with Gasteiger partial charge in [-0.05, 0) is 24.3 Å². The molecule has 1 heterocycles. The lowest BCUT2D eigenvalue weighted by atomic mass is 10.3. The number of thioether (sulfide) groups is 1. The molecule has 0 spiro atoms. The summed E-state index contributed by atoms with van der Waals surface area (Å²) in [6.45, 7) is 0. The summed E-state index contributed by atoms with van der Waals surface area (Å²) >= 11 is 1.43. The molecule has 0 aliphatic carbocycles. The van der Waals surface area contributed by atoms with Gasteiger partial charge >= 0.3 is 0 Å². The molecule has 1 aromatic carbocycles. The first kappa shape index (κ1) is 11.4. The SMILES string of the molecule is Nc1ccc(S(=O)(=O)NC2N=CCS2)cc1. The Labute approximate surface area is 98.2 Å². The molecule has 1 aromatic rings. The van der Waals surface area contributed by atoms with Crippen LogP contribution in [0.4, 0.5) is 5.69 Å². The predicted molar refractivity (Wildman–Crippen MR) is 65.9 cm³/mol. The second-order valence-corrected chi connectivity index (χ2v) is 6.03. The van der Waals surface area contributed by atoms with Crippen molar-refractivity contribution in [3.8, 4) is 0 Å². The number of nitrogen functional groups attached to an aromatic ring is 1. The Morgan fingerprint density at radius 1 is 1.38 bits per heavy atom. The van der Waals surface area contributed by atoms with E-state index in [4.69, 9.17) is 5.73 Å². The van der Waals surface area contributed by atoms with Crippen LogP contribution in [0.1, 0.15) is 0 Å². The fourth-order valence-electron chi connectivity index (χ4n) is 1.23. The van der Waals surface area contributed by atoms with Gasteiger partial charge in [0.25, 0.3) is 0 Å². The number of benzene rings is 1. The molecular formula is C9H11N3O2S2. The van der Waals surface area contributed by atoms with Gasteiger partial charge in [0, 0.05) is 17.7 Å². The number of sulfonamides is 1. The van der Waals surface area contributed by atoms with Gasteiger partial charge in [0.05, 0.1) is 4.90 Å². The highest BCUT2D eigenvalue weighted by Gasteiger charge is 2.20. The molecule has 86 valence electrons. The number of aliphatic imine (C=N–C) groups is 1. The van der Waals surface area contributed by atoms with Gasteiger partial charge in [-0.2, -0.15) is 4.72 Å². The molecule has 3 N–H and O–H groups in total. The van der Waals surface area contributed by atoms with Crippen LogP contribution >= 0.6 is 11.8 Å². The Balaban J connectivity index is 2.18. The molecule has 16 heavy (non-hydrogen) atoms. The molecule has 1 atom stereocenters. The van der Waals surface area contributed by atoms with Crippen LogP contribution in [-0.4, -0.2) is 25.9 Å². The van der Waals surface area contributed by atoms with Gasteiger partial charge in [0.1, 0.15) is 0 Å². The number of nitrogens with two attached hydrogens (primary N) is 1. The maximum atomic E-state index is 11.9. The molecule has 5 nitrogen and oxygen atoms in total. The van der Waals surface area contributed by atoms with Crippen LogP contribution in [0.3, 0.4) is 0 Å². The molecule has 0 radical (unpaired) electrons. The maximum Gasteiger partial charge on any atom is 0.243 e. The van der Waals surface area contributed by atoms with E-state index in [0.29, 0.717) is 5.69 Å². The zero-order chi connectivity index (χ0) is 11.6. The van der Waals surface area contributed by atoms with Gasteiger partial charge in [-0.1, -0.05) is 0 Å². The Kier molecular flexibility index (Phi) is 3.17. The molecular weight excluding hydrogens is 246 g/mol. The molecule has 0 bridgehead atoms. The van der Waals surface area contributed by atoms with Crippen molar-refractivity contribution in [2.24, 2.45) is 4.99 Å². The van der Waals surface area contributed by atoms with E-state index < -0.39 is 15.5 Å². The summed E-state index contributed by atoms with van der Waals surface area (Å²) < 4.78 is 26.2. The van der Waals surface area contributed by atoms with Crippen molar-refractivity contribution in [3.05, 3.63) is 24.3 Å². The summed E-state index contributed by atoms with van der Waals surface area (Å²) in [5, 5.41) is 0. The van der Waals surface area contributed by atoms with Crippen molar-refractivity contribution in [1.82, 2.24) is 4.72 Å². The van der Waals surface area contributed by atoms with Crippen LogP contribution in [0.15, 0.2) is 34.2 Å². The minimum Gasteiger partial charge on any atom is -0.399 e. The lowest BCUT2D eigenvalue weighted by Crippen LogP contribution is -2.30. The van der Waals surface area contributed by atoms with E-state index in [9.17, 15) is 8.42 Å². The van der Waals surface area contributed by atoms with Gasteiger partial charge in [0.15, 0.2) is 5.50 Å². The maximum absolute atomic E-state index is 11.9. The summed E-state index contributed by atoms with van der Waals surface area (Å²) in [6, 6.07) is 6.06. The van der Waals surface area contributed by atoms with Crippen LogP contribution in [0, 0.1) is 0 Å². The molecule has 1 aliphatic rings. The van der Waals surface area contributed by atoms with Crippen molar-refractivity contribution in [2.45, 2.75) is 10.4 Å². The van der Waals surface area contributed by atoms with Crippen molar-refractivity contribution < 1.29 is 8.42 Å². The highest BCUT2D eigenvalue weighted by atomic mass is 32.2. The molecule has 0 aromatic heterocycles. The van der Waals surface area contributed by atoms with Crippen molar-refractivity contribution in [2.75, 3.05) is 11.5 Å². The average molecular weight is 257 g/mol. The summed E-state index contributed by atoms with van der Waals surface area (Å²) in [6.07, 6.45) is 1.70. The number of nitrogens with zero attached hydrogens (tertiary/aromatic N) is 1. The molecule has 0 saturated heterocycles. The quantitative estimate of drug-likeness (QED) is 0.779. The highest BCUT2D eigenvalue weighted by Crippen LogP contribution is 2.18. The number of anilines is 1. The minimum atomic E-state index is -3.50. The summed E-state index contributed by atoms with van der Waals surface area (Å²) in [7, 11) is -3.50. The fourth-order valence-corrected chi connectivity index (χ4v) is 3.36. The fraction of sp³-hybridized carbons (Fsp3) is 0.222. The molecule has 1 unspecified atom stereocenters. The third kappa shape index (κ3) is 2.55. The molecule has 7 heteroatoms. The molecule has 0 amide bonds. The van der Waals surface area contributed by atoms with E-state index in [1.165, 1.54) is 23.9 Å². The predicted octanol–water partition coefficient (Wildman–Crippen LogP) is 0.648. The summed E-state index contributed by atoms with van der Waals surface area (Å²) in [4.78, 5) is 4.19. The number of rotatable bonds is 3. The first-order chi connectivity index (χ1) is 7.58. The Morgan fingerprint density at radius 2 is 2.06 bits per heavy atom. The van der Waals surface area contributed by atoms with Crippen molar-refractivity contribution in [1.29, 1.82) is 0 Å². The van der Waals surface area contributed by atoms with Gasteiger partial charge in [-0.15, -0.1) is 11.8 Å². The van der Waals surface area contributed by atoms with E-state index >= 15 is 0 Å². The Morgan fingerprint density at radius 3 is 2.62 bits per heavy atom. The second-order valence-electron chi connectivity index (χ2n) is 3.21. The highest BCUT2D eigenvalue weighted by molar-refractivity contribution is 8.01. The van der Waals surface area contributed by atoms with Crippen LogP contribution in [-0.2, 0) is 10.0 Å². The smallest absolute Gasteiger partial charge is 0.243 e. The lowest BCUT2D eigenvalue weighted by molar-refractivity contribution is 0.580. The summed E-state index contributed by atoms with van der Waals surface area (Å²) in [5.41, 5.74) is 5.61. The van der Waals surface area contributed by atoms with Gasteiger partial charge < -0.3 is 5.73 Å². The topological polar surface area (TPSA) is 84.5 Å². The van der Waals surface area contributed by atoms with Gasteiger partial charge in [-0.3, -0.25) is 4.99 Å². The Hall–Kier alpha value is -1.05. The van der Waals surface area contributed by atoms with Crippen molar-refractivity contribution in [3.63, 3.8) is 0 Å². The Bertz CT molecular complexity index is 496. The molecule has 1 aliphatic heterocycles. The van der Waals surface area contributed by atoms with Crippen LogP contribution < -0.4 is 10.5 Å². The van der Waals surface area contributed by atoms with Crippen molar-refractivity contribution >= 4 is 33.7 Å². The third-order valence-electron chi connectivity index (χ3n) is 2.02. The molecule has 2 rings (SSSR count). The zero-order valence-corrected chi connectivity index (χ0v) is 9.96.